The lowest BCUT2D eigenvalue weighted by Gasteiger charge is -2.23. The van der Waals surface area contributed by atoms with Gasteiger partial charge in [-0.25, -0.2) is 4.79 Å². The molecule has 0 bridgehead atoms. The first-order valence-corrected chi connectivity index (χ1v) is 11.2. The van der Waals surface area contributed by atoms with Gasteiger partial charge in [-0.3, -0.25) is 9.59 Å². The number of anilines is 1. The van der Waals surface area contributed by atoms with Crippen molar-refractivity contribution in [1.82, 2.24) is 0 Å². The number of benzene rings is 3. The molecular formula is C28H23NO6. The molecule has 0 fully saturated rings. The van der Waals surface area contributed by atoms with Crippen molar-refractivity contribution < 1.29 is 23.8 Å². The fourth-order valence-electron chi connectivity index (χ4n) is 4.51. The van der Waals surface area contributed by atoms with Crippen molar-refractivity contribution in [1.29, 1.82) is 0 Å². The average Bonchev–Trinajstić information content (AvgIpc) is 3.06. The van der Waals surface area contributed by atoms with Crippen molar-refractivity contribution >= 4 is 28.3 Å². The minimum absolute atomic E-state index is 0.224. The first kappa shape index (κ1) is 22.6. The second kappa shape index (κ2) is 8.52. The molecule has 2 heterocycles. The highest BCUT2D eigenvalue weighted by Gasteiger charge is 2.51. The Morgan fingerprint density at radius 2 is 1.77 bits per heavy atom. The summed E-state index contributed by atoms with van der Waals surface area (Å²) in [6.07, 6.45) is -0.590. The number of aryl methyl sites for hydroxylation is 1. The fourth-order valence-corrected chi connectivity index (χ4v) is 4.51. The van der Waals surface area contributed by atoms with Crippen LogP contribution in [0.1, 0.15) is 33.5 Å². The van der Waals surface area contributed by atoms with Crippen LogP contribution < -0.4 is 15.3 Å². The van der Waals surface area contributed by atoms with Crippen LogP contribution in [0.15, 0.2) is 82.0 Å². The number of aliphatic hydroxyl groups is 1. The molecule has 7 nitrogen and oxygen atoms in total. The van der Waals surface area contributed by atoms with Gasteiger partial charge in [0, 0.05) is 10.9 Å². The zero-order chi connectivity index (χ0) is 24.7. The van der Waals surface area contributed by atoms with Crippen molar-refractivity contribution in [2.45, 2.75) is 25.5 Å². The maximum Gasteiger partial charge on any atom is 0.347 e. The molecule has 1 amide bonds. The Labute approximate surface area is 201 Å². The van der Waals surface area contributed by atoms with Crippen LogP contribution in [0.5, 0.6) is 5.75 Å². The monoisotopic (exact) mass is 469 g/mol. The highest BCUT2D eigenvalue weighted by atomic mass is 16.5. The zero-order valence-electron chi connectivity index (χ0n) is 19.3. The van der Waals surface area contributed by atoms with Crippen LogP contribution in [-0.4, -0.2) is 23.9 Å². The summed E-state index contributed by atoms with van der Waals surface area (Å²) in [4.78, 5) is 40.9. The molecule has 7 heteroatoms. The number of carbonyl (C=O) groups excluding carboxylic acids is 2. The van der Waals surface area contributed by atoms with Gasteiger partial charge in [0.25, 0.3) is 5.91 Å². The van der Waals surface area contributed by atoms with E-state index in [-0.39, 0.29) is 17.7 Å². The van der Waals surface area contributed by atoms with Crippen molar-refractivity contribution in [2.24, 2.45) is 0 Å². The molecule has 4 aromatic rings. The predicted molar refractivity (Wildman–Crippen MR) is 131 cm³/mol. The summed E-state index contributed by atoms with van der Waals surface area (Å²) in [6.45, 7) is 2.22. The standard InChI is InChI=1S/C28H23NO6/c1-17-10-12-18(13-11-17)16-29-22-8-4-3-7-21(22)28(33,27(29)32)15-23(30)20-14-19-6-5-9-24(34-2)25(19)35-26(20)31/h3-14,33H,15-16H2,1-2H3. The molecular weight excluding hydrogens is 446 g/mol. The topological polar surface area (TPSA) is 97.0 Å². The third-order valence-corrected chi connectivity index (χ3v) is 6.36. The van der Waals surface area contributed by atoms with Crippen LogP contribution >= 0.6 is 0 Å². The van der Waals surface area contributed by atoms with E-state index in [4.69, 9.17) is 9.15 Å². The average molecular weight is 469 g/mol. The zero-order valence-corrected chi connectivity index (χ0v) is 19.3. The van der Waals surface area contributed by atoms with Crippen LogP contribution in [0.4, 0.5) is 5.69 Å². The van der Waals surface area contributed by atoms with Crippen LogP contribution in [-0.2, 0) is 16.9 Å². The maximum absolute atomic E-state index is 13.5. The van der Waals surface area contributed by atoms with Crippen molar-refractivity contribution in [3.63, 3.8) is 0 Å². The first-order valence-electron chi connectivity index (χ1n) is 11.2. The summed E-state index contributed by atoms with van der Waals surface area (Å²) < 4.78 is 10.6. The maximum atomic E-state index is 13.5. The summed E-state index contributed by atoms with van der Waals surface area (Å²) in [6, 6.07) is 21.0. The molecule has 0 aliphatic carbocycles. The normalized spacial score (nSPS) is 17.0. The van der Waals surface area contributed by atoms with Crippen LogP contribution in [0.2, 0.25) is 0 Å². The van der Waals surface area contributed by atoms with E-state index >= 15 is 0 Å². The van der Waals surface area contributed by atoms with Crippen molar-refractivity contribution in [3.05, 3.63) is 105 Å². The van der Waals surface area contributed by atoms with Gasteiger partial charge in [-0.2, -0.15) is 0 Å². The number of rotatable bonds is 6. The number of ether oxygens (including phenoxy) is 1. The number of Topliss-reactive ketones (excluding diaryl/α,β-unsaturated/α-hetero) is 1. The van der Waals surface area contributed by atoms with Gasteiger partial charge in [0.1, 0.15) is 5.56 Å². The van der Waals surface area contributed by atoms with Gasteiger partial charge in [0.15, 0.2) is 22.7 Å². The third kappa shape index (κ3) is 3.80. The number of methoxy groups -OCH3 is 1. The Hall–Kier alpha value is -4.23. The van der Waals surface area contributed by atoms with E-state index in [1.54, 1.807) is 42.5 Å². The van der Waals surface area contributed by atoms with Gasteiger partial charge in [-0.15, -0.1) is 0 Å². The van der Waals surface area contributed by atoms with Gasteiger partial charge < -0.3 is 19.2 Å². The SMILES string of the molecule is COc1cccc2cc(C(=O)CC3(O)C(=O)N(Cc4ccc(C)cc4)c4ccccc43)c(=O)oc12. The largest absolute Gasteiger partial charge is 0.493 e. The van der Waals surface area contributed by atoms with E-state index in [1.807, 2.05) is 31.2 Å². The summed E-state index contributed by atoms with van der Waals surface area (Å²) >= 11 is 0. The molecule has 1 aliphatic heterocycles. The lowest BCUT2D eigenvalue weighted by molar-refractivity contribution is -0.136. The smallest absolute Gasteiger partial charge is 0.347 e. The molecule has 1 unspecified atom stereocenters. The van der Waals surface area contributed by atoms with E-state index < -0.39 is 29.3 Å². The number of hydrogen-bond acceptors (Lipinski definition) is 6. The number of ketones is 1. The predicted octanol–water partition coefficient (Wildman–Crippen LogP) is 4.12. The Morgan fingerprint density at radius 3 is 2.51 bits per heavy atom. The molecule has 35 heavy (non-hydrogen) atoms. The van der Waals surface area contributed by atoms with Gasteiger partial charge in [-0.05, 0) is 30.7 Å². The molecule has 5 rings (SSSR count). The van der Waals surface area contributed by atoms with Gasteiger partial charge in [-0.1, -0.05) is 60.2 Å². The summed E-state index contributed by atoms with van der Waals surface area (Å²) in [5.74, 6) is -0.936. The number of carbonyl (C=O) groups is 2. The van der Waals surface area contributed by atoms with E-state index in [1.165, 1.54) is 18.1 Å². The third-order valence-electron chi connectivity index (χ3n) is 6.36. The van der Waals surface area contributed by atoms with E-state index in [0.29, 0.717) is 22.4 Å². The molecule has 0 saturated heterocycles. The van der Waals surface area contributed by atoms with Crippen LogP contribution in [0.3, 0.4) is 0 Å². The Bertz CT molecular complexity index is 1520. The molecule has 1 aromatic heterocycles. The Kier molecular flexibility index (Phi) is 5.49. The quantitative estimate of drug-likeness (QED) is 0.337. The lowest BCUT2D eigenvalue weighted by Crippen LogP contribution is -2.42. The molecule has 0 spiro atoms. The van der Waals surface area contributed by atoms with Crippen LogP contribution in [0.25, 0.3) is 11.0 Å². The summed E-state index contributed by atoms with van der Waals surface area (Å²) in [5.41, 5.74) is -0.127. The first-order chi connectivity index (χ1) is 16.8. The van der Waals surface area contributed by atoms with Crippen molar-refractivity contribution in [3.8, 4) is 5.75 Å². The molecule has 176 valence electrons. The molecule has 1 N–H and O–H groups in total. The van der Waals surface area contributed by atoms with Crippen LogP contribution in [0, 0.1) is 6.92 Å². The number of para-hydroxylation sites is 2. The second-order valence-electron chi connectivity index (χ2n) is 8.68. The minimum atomic E-state index is -2.10. The summed E-state index contributed by atoms with van der Waals surface area (Å²) in [7, 11) is 1.45. The fraction of sp³-hybridized carbons (Fsp3) is 0.179. The lowest BCUT2D eigenvalue weighted by atomic mass is 9.88. The van der Waals surface area contributed by atoms with Gasteiger partial charge in [0.05, 0.1) is 25.8 Å². The van der Waals surface area contributed by atoms with Crippen molar-refractivity contribution in [2.75, 3.05) is 12.0 Å². The molecule has 1 aliphatic rings. The van der Waals surface area contributed by atoms with E-state index in [2.05, 4.69) is 0 Å². The number of nitrogens with zero attached hydrogens (tertiary/aromatic N) is 1. The highest BCUT2D eigenvalue weighted by molar-refractivity contribution is 6.11. The minimum Gasteiger partial charge on any atom is -0.493 e. The highest BCUT2D eigenvalue weighted by Crippen LogP contribution is 2.43. The molecule has 1 atom stereocenters. The Balaban J connectivity index is 1.50. The van der Waals surface area contributed by atoms with Gasteiger partial charge >= 0.3 is 5.63 Å². The molecule has 0 saturated carbocycles. The van der Waals surface area contributed by atoms with E-state index in [0.717, 1.165) is 11.1 Å². The molecule has 0 radical (unpaired) electrons. The van der Waals surface area contributed by atoms with Gasteiger partial charge in [0.2, 0.25) is 0 Å². The number of amides is 1. The molecule has 3 aromatic carbocycles. The second-order valence-corrected chi connectivity index (χ2v) is 8.68. The summed E-state index contributed by atoms with van der Waals surface area (Å²) in [5, 5.41) is 12.1. The number of fused-ring (bicyclic) bond motifs is 2. The Morgan fingerprint density at radius 1 is 1.03 bits per heavy atom. The van der Waals surface area contributed by atoms with E-state index in [9.17, 15) is 19.5 Å². The number of hydrogen-bond donors (Lipinski definition) is 1.